The number of fused-ring (bicyclic) bond motifs is 3. The van der Waals surface area contributed by atoms with Crippen LogP contribution in [-0.4, -0.2) is 29.9 Å². The fourth-order valence-electron chi connectivity index (χ4n) is 4.30. The maximum absolute atomic E-state index is 12.9. The summed E-state index contributed by atoms with van der Waals surface area (Å²) in [7, 11) is 0. The zero-order valence-corrected chi connectivity index (χ0v) is 14.5. The molecule has 0 saturated heterocycles. The standard InChI is InChI=1S/C21H21N3O2/c25-19-17-11-16(6-5-14(17)7-10-22-19)23-20(26)24-12-15-3-1-2-4-18(15)21(13-24)8-9-21/h1-6,11H,7-10,12-13H2,(H,22,25)(H,23,26). The van der Waals surface area contributed by atoms with Gasteiger partial charge in [0.15, 0.2) is 0 Å². The molecule has 2 aromatic rings. The van der Waals surface area contributed by atoms with Crippen LogP contribution < -0.4 is 10.6 Å². The van der Waals surface area contributed by atoms with Gasteiger partial charge in [-0.3, -0.25) is 4.79 Å². The number of rotatable bonds is 1. The highest BCUT2D eigenvalue weighted by Gasteiger charge is 2.49. The van der Waals surface area contributed by atoms with Crippen molar-refractivity contribution in [2.24, 2.45) is 0 Å². The smallest absolute Gasteiger partial charge is 0.322 e. The fourth-order valence-corrected chi connectivity index (χ4v) is 4.30. The van der Waals surface area contributed by atoms with E-state index in [2.05, 4.69) is 28.8 Å². The predicted molar refractivity (Wildman–Crippen MR) is 99.3 cm³/mol. The Balaban J connectivity index is 1.37. The Morgan fingerprint density at radius 2 is 1.96 bits per heavy atom. The minimum atomic E-state index is -0.0954. The molecular weight excluding hydrogens is 326 g/mol. The number of amides is 3. The van der Waals surface area contributed by atoms with Crippen LogP contribution in [0.25, 0.3) is 0 Å². The minimum Gasteiger partial charge on any atom is -0.352 e. The normalized spacial score (nSPS) is 19.4. The van der Waals surface area contributed by atoms with Crippen molar-refractivity contribution in [1.82, 2.24) is 10.2 Å². The third kappa shape index (κ3) is 2.46. The van der Waals surface area contributed by atoms with E-state index in [1.807, 2.05) is 23.1 Å². The minimum absolute atomic E-state index is 0.0637. The van der Waals surface area contributed by atoms with Crippen molar-refractivity contribution in [2.45, 2.75) is 31.2 Å². The van der Waals surface area contributed by atoms with E-state index < -0.39 is 0 Å². The number of carbonyl (C=O) groups excluding carboxylic acids is 2. The van der Waals surface area contributed by atoms with E-state index in [-0.39, 0.29) is 17.4 Å². The SMILES string of the molecule is O=C1NCCc2ccc(NC(=O)N3Cc4ccccc4C4(CC4)C3)cc21. The lowest BCUT2D eigenvalue weighted by Crippen LogP contribution is -2.43. The van der Waals surface area contributed by atoms with Gasteiger partial charge in [0, 0.05) is 36.3 Å². The number of hydrogen-bond donors (Lipinski definition) is 2. The van der Waals surface area contributed by atoms with Crippen molar-refractivity contribution in [2.75, 3.05) is 18.4 Å². The van der Waals surface area contributed by atoms with Crippen LogP contribution in [0.3, 0.4) is 0 Å². The Kier molecular flexibility index (Phi) is 3.32. The third-order valence-corrected chi connectivity index (χ3v) is 5.87. The van der Waals surface area contributed by atoms with Gasteiger partial charge in [0.2, 0.25) is 0 Å². The largest absolute Gasteiger partial charge is 0.352 e. The number of carbonyl (C=O) groups is 2. The number of benzene rings is 2. The highest BCUT2D eigenvalue weighted by molar-refractivity contribution is 5.99. The average molecular weight is 347 g/mol. The lowest BCUT2D eigenvalue weighted by Gasteiger charge is -2.35. The van der Waals surface area contributed by atoms with Gasteiger partial charge in [-0.25, -0.2) is 4.79 Å². The zero-order chi connectivity index (χ0) is 17.7. The number of urea groups is 1. The van der Waals surface area contributed by atoms with E-state index in [4.69, 9.17) is 0 Å². The van der Waals surface area contributed by atoms with Crippen LogP contribution in [0.1, 0.15) is 39.9 Å². The van der Waals surface area contributed by atoms with Crippen molar-refractivity contribution in [3.63, 3.8) is 0 Å². The van der Waals surface area contributed by atoms with E-state index in [0.29, 0.717) is 24.3 Å². The van der Waals surface area contributed by atoms with E-state index in [0.717, 1.165) is 31.4 Å². The van der Waals surface area contributed by atoms with Crippen molar-refractivity contribution >= 4 is 17.6 Å². The average Bonchev–Trinajstić information content (AvgIpc) is 3.42. The molecule has 26 heavy (non-hydrogen) atoms. The van der Waals surface area contributed by atoms with Crippen LogP contribution >= 0.6 is 0 Å². The summed E-state index contributed by atoms with van der Waals surface area (Å²) in [5.41, 5.74) is 5.19. The van der Waals surface area contributed by atoms with Gasteiger partial charge in [0.1, 0.15) is 0 Å². The first-order valence-electron chi connectivity index (χ1n) is 9.20. The molecule has 3 amide bonds. The first-order chi connectivity index (χ1) is 12.6. The van der Waals surface area contributed by atoms with Crippen molar-refractivity contribution in [3.8, 4) is 0 Å². The molecular formula is C21H21N3O2. The lowest BCUT2D eigenvalue weighted by molar-refractivity contribution is 0.0946. The number of anilines is 1. The summed E-state index contributed by atoms with van der Waals surface area (Å²) in [5.74, 6) is -0.0637. The Hall–Kier alpha value is -2.82. The van der Waals surface area contributed by atoms with Gasteiger partial charge < -0.3 is 15.5 Å². The number of nitrogens with zero attached hydrogens (tertiary/aromatic N) is 1. The molecule has 1 spiro atoms. The summed E-state index contributed by atoms with van der Waals surface area (Å²) >= 11 is 0. The molecule has 1 aliphatic carbocycles. The second-order valence-corrected chi connectivity index (χ2v) is 7.60. The Labute approximate surface area is 152 Å². The second-order valence-electron chi connectivity index (χ2n) is 7.60. The van der Waals surface area contributed by atoms with E-state index in [1.165, 1.54) is 11.1 Å². The topological polar surface area (TPSA) is 61.4 Å². The van der Waals surface area contributed by atoms with Crippen LogP contribution in [0.2, 0.25) is 0 Å². The van der Waals surface area contributed by atoms with E-state index >= 15 is 0 Å². The van der Waals surface area contributed by atoms with Crippen molar-refractivity contribution in [3.05, 3.63) is 64.7 Å². The van der Waals surface area contributed by atoms with E-state index in [1.54, 1.807) is 6.07 Å². The summed E-state index contributed by atoms with van der Waals surface area (Å²) in [6, 6.07) is 14.0. The predicted octanol–water partition coefficient (Wildman–Crippen LogP) is 3.05. The maximum Gasteiger partial charge on any atom is 0.322 e. The highest BCUT2D eigenvalue weighted by atomic mass is 16.2. The number of nitrogens with one attached hydrogen (secondary N) is 2. The van der Waals surface area contributed by atoms with E-state index in [9.17, 15) is 9.59 Å². The third-order valence-electron chi connectivity index (χ3n) is 5.87. The molecule has 2 aliphatic heterocycles. The molecule has 5 rings (SSSR count). The number of hydrogen-bond acceptors (Lipinski definition) is 2. The van der Waals surface area contributed by atoms with Gasteiger partial charge in [-0.1, -0.05) is 30.3 Å². The van der Waals surface area contributed by atoms with Gasteiger partial charge in [0.25, 0.3) is 5.91 Å². The van der Waals surface area contributed by atoms with Crippen LogP contribution in [0.15, 0.2) is 42.5 Å². The molecule has 2 aromatic carbocycles. The van der Waals surface area contributed by atoms with Gasteiger partial charge in [0.05, 0.1) is 0 Å². The van der Waals surface area contributed by atoms with Gasteiger partial charge in [-0.05, 0) is 48.1 Å². The maximum atomic E-state index is 12.9. The molecule has 1 saturated carbocycles. The van der Waals surface area contributed by atoms with Crippen molar-refractivity contribution < 1.29 is 9.59 Å². The second kappa shape index (κ2) is 5.59. The van der Waals surface area contributed by atoms with Gasteiger partial charge in [-0.15, -0.1) is 0 Å². The highest BCUT2D eigenvalue weighted by Crippen LogP contribution is 2.52. The molecule has 5 heteroatoms. The van der Waals surface area contributed by atoms with Crippen LogP contribution in [0.5, 0.6) is 0 Å². The van der Waals surface area contributed by atoms with Gasteiger partial charge >= 0.3 is 6.03 Å². The van der Waals surface area contributed by atoms with Crippen LogP contribution in [0, 0.1) is 0 Å². The molecule has 0 radical (unpaired) electrons. The van der Waals surface area contributed by atoms with Gasteiger partial charge in [-0.2, -0.15) is 0 Å². The van der Waals surface area contributed by atoms with Crippen molar-refractivity contribution in [1.29, 1.82) is 0 Å². The summed E-state index contributed by atoms with van der Waals surface area (Å²) < 4.78 is 0. The summed E-state index contributed by atoms with van der Waals surface area (Å²) in [5, 5.41) is 5.84. The van der Waals surface area contributed by atoms with Crippen LogP contribution in [-0.2, 0) is 18.4 Å². The zero-order valence-electron chi connectivity index (χ0n) is 14.5. The molecule has 3 aliphatic rings. The Morgan fingerprint density at radius 1 is 1.12 bits per heavy atom. The molecule has 132 valence electrons. The Bertz CT molecular complexity index is 917. The molecule has 1 fully saturated rings. The molecule has 2 N–H and O–H groups in total. The molecule has 2 heterocycles. The Morgan fingerprint density at radius 3 is 2.81 bits per heavy atom. The molecule has 5 nitrogen and oxygen atoms in total. The first kappa shape index (κ1) is 15.4. The summed E-state index contributed by atoms with van der Waals surface area (Å²) in [6.07, 6.45) is 3.13. The lowest BCUT2D eigenvalue weighted by atomic mass is 9.87. The monoisotopic (exact) mass is 347 g/mol. The molecule has 0 atom stereocenters. The summed E-state index contributed by atoms with van der Waals surface area (Å²) in [4.78, 5) is 26.8. The fraction of sp³-hybridized carbons (Fsp3) is 0.333. The molecule has 0 unspecified atom stereocenters. The van der Waals surface area contributed by atoms with Crippen LogP contribution in [0.4, 0.5) is 10.5 Å². The first-order valence-corrected chi connectivity index (χ1v) is 9.20. The quantitative estimate of drug-likeness (QED) is 0.833. The molecule has 0 aromatic heterocycles. The summed E-state index contributed by atoms with van der Waals surface area (Å²) in [6.45, 7) is 2.07. The molecule has 0 bridgehead atoms.